The third-order valence-corrected chi connectivity index (χ3v) is 0. The van der Waals surface area contributed by atoms with E-state index < -0.39 is 0 Å². The Labute approximate surface area is 196 Å². The van der Waals surface area contributed by atoms with Crippen LogP contribution in [-0.2, 0) is 42.1 Å². The van der Waals surface area contributed by atoms with Gasteiger partial charge in [-0.3, -0.25) is 0 Å². The summed E-state index contributed by atoms with van der Waals surface area (Å²) in [7, 11) is 0. The van der Waals surface area contributed by atoms with E-state index in [9.17, 15) is 0 Å². The topological polar surface area (TPSA) is 231 Å². The summed E-state index contributed by atoms with van der Waals surface area (Å²) in [6, 6.07) is 10.5. The van der Waals surface area contributed by atoms with Gasteiger partial charge in [-0.15, -0.1) is 0 Å². The van der Waals surface area contributed by atoms with Crippen LogP contribution in [0.15, 0.2) is 0 Å². The first kappa shape index (κ1) is 63.8. The predicted octanol–water partition coefficient (Wildman–Crippen LogP) is 1.64. The number of hydrogen-bond donors (Lipinski definition) is 0. The first-order chi connectivity index (χ1) is 11.9. The van der Waals surface area contributed by atoms with Crippen LogP contribution in [0, 0.1) is 68.0 Å². The molecule has 10 nitrogen and oxygen atoms in total. The molecule has 0 aliphatic carbocycles. The Morgan fingerprint density at radius 2 is 0.500 bits per heavy atom. The van der Waals surface area contributed by atoms with E-state index >= 15 is 0 Å². The quantitative estimate of drug-likeness (QED) is 0.314. The van der Waals surface area contributed by atoms with Gasteiger partial charge in [-0.2, -0.15) is 31.6 Å². The van der Waals surface area contributed by atoms with Gasteiger partial charge in [-0.05, 0) is 0 Å². The van der Waals surface area contributed by atoms with Crippen LogP contribution in [0.3, 0.4) is 0 Å². The number of rotatable bonds is 0. The summed E-state index contributed by atoms with van der Waals surface area (Å²) in [5, 5.41) is 56.0. The van der Waals surface area contributed by atoms with Gasteiger partial charge in [0.25, 0.3) is 0 Å². The molecule has 0 atom stereocenters. The molecule has 0 amide bonds. The van der Waals surface area contributed by atoms with Gasteiger partial charge in [0.1, 0.15) is 13.8 Å². The second kappa shape index (κ2) is 153. The maximum Gasteiger partial charge on any atom is 2.00 e. The Morgan fingerprint density at radius 3 is 0.500 bits per heavy atom. The third-order valence-electron chi connectivity index (χ3n) is 0. The van der Waals surface area contributed by atoms with Crippen LogP contribution in [0.4, 0.5) is 0 Å². The van der Waals surface area contributed by atoms with Crippen molar-refractivity contribution in [1.29, 1.82) is 31.6 Å². The van der Waals surface area contributed by atoms with Crippen molar-refractivity contribution in [3.05, 3.63) is 0 Å². The van der Waals surface area contributed by atoms with Crippen molar-refractivity contribution in [1.82, 2.24) is 0 Å². The minimum atomic E-state index is -0.333. The van der Waals surface area contributed by atoms with E-state index in [0.717, 1.165) is 0 Å². The van der Waals surface area contributed by atoms with Crippen LogP contribution in [0.5, 0.6) is 0 Å². The summed E-state index contributed by atoms with van der Waals surface area (Å²) in [5.41, 5.74) is 0. The van der Waals surface area contributed by atoms with Gasteiger partial charge < -0.3 is 10.2 Å². The Bertz CT molecular complexity index is 403. The molecular formula is C16H30Mo2N6O4+8. The molecule has 0 aromatic carbocycles. The molecular weight excluding hydrogens is 532 g/mol. The van der Waals surface area contributed by atoms with Crippen molar-refractivity contribution in [2.45, 2.75) is 55.4 Å². The average Bonchev–Trinajstić information content (AvgIpc) is 2.41. The Balaban J connectivity index is -0.0000000164. The maximum atomic E-state index is 7.64. The van der Waals surface area contributed by atoms with Crippen molar-refractivity contribution in [3.8, 4) is 36.4 Å². The molecule has 0 rings (SSSR count). The maximum absolute atomic E-state index is 7.64. The minimum absolute atomic E-state index is 0. The Kier molecular flexibility index (Phi) is 349. The molecule has 0 radical (unpaired) electrons. The second-order valence-electron chi connectivity index (χ2n) is 2.51. The molecule has 28 heavy (non-hydrogen) atoms. The predicted molar refractivity (Wildman–Crippen MR) is 100 cm³/mol. The molecule has 6 N–H and O–H groups in total. The smallest absolute Gasteiger partial charge is 0.524 e. The second-order valence-corrected chi connectivity index (χ2v) is 2.51. The number of carbonyl (C=O) groups excluding carboxylic acids is 2. The zero-order valence-corrected chi connectivity index (χ0v) is 21.4. The zero-order valence-electron chi connectivity index (χ0n) is 17.4. The van der Waals surface area contributed by atoms with Crippen LogP contribution in [0.2, 0.25) is 0 Å². The first-order valence-corrected chi connectivity index (χ1v) is 6.29. The van der Waals surface area contributed by atoms with E-state index in [1.54, 1.807) is 36.4 Å². The molecule has 0 aromatic heterocycles. The largest absolute Gasteiger partial charge is 2.00 e. The van der Waals surface area contributed by atoms with E-state index in [1.165, 1.54) is 55.4 Å². The van der Waals surface area contributed by atoms with Gasteiger partial charge in [-0.1, -0.05) is 0 Å². The Hall–Kier alpha value is -2.74. The van der Waals surface area contributed by atoms with Gasteiger partial charge in [-0.25, -0.2) is 9.59 Å². The van der Waals surface area contributed by atoms with Crippen LogP contribution >= 0.6 is 0 Å². The molecule has 0 spiro atoms. The molecule has 0 aliphatic heterocycles. The normalized spacial score (nSPS) is 3.50. The molecule has 12 heteroatoms. The first-order valence-electron chi connectivity index (χ1n) is 6.29. The molecule has 0 saturated heterocycles. The summed E-state index contributed by atoms with van der Waals surface area (Å²) < 4.78 is 0. The molecule has 0 aliphatic rings. The monoisotopic (exact) mass is 566 g/mol. The van der Waals surface area contributed by atoms with Gasteiger partial charge in [0, 0.05) is 41.5 Å². The standard InChI is InChI=1S/6C2H3N.2C2H4O2.2Mo/c6*1-2-3;2*1-2(3)4;;/h6*1H3;2*1H3,(H,3,4);;/q;;;;;;;;2*+2/p+4. The van der Waals surface area contributed by atoms with Crippen LogP contribution in [0.1, 0.15) is 55.4 Å². The minimum Gasteiger partial charge on any atom is -0.524 e. The van der Waals surface area contributed by atoms with E-state index in [0.29, 0.717) is 0 Å². The summed E-state index contributed by atoms with van der Waals surface area (Å²) >= 11 is 0. The van der Waals surface area contributed by atoms with Crippen molar-refractivity contribution in [2.75, 3.05) is 0 Å². The van der Waals surface area contributed by atoms with Gasteiger partial charge in [0.15, 0.2) is 0 Å². The van der Waals surface area contributed by atoms with E-state index in [2.05, 4.69) is 0 Å². The summed E-state index contributed by atoms with van der Waals surface area (Å²) in [4.78, 5) is 15.3. The summed E-state index contributed by atoms with van der Waals surface area (Å²) in [5.74, 6) is -0.667. The fraction of sp³-hybridized carbons (Fsp3) is 0.500. The molecule has 152 valence electrons. The molecule has 0 bridgehead atoms. The number of nitriles is 6. The molecule has 0 saturated carbocycles. The summed E-state index contributed by atoms with van der Waals surface area (Å²) in [6.45, 7) is 11.2. The average molecular weight is 562 g/mol. The van der Waals surface area contributed by atoms with E-state index in [4.69, 9.17) is 51.4 Å². The van der Waals surface area contributed by atoms with Crippen LogP contribution in [0.25, 0.3) is 0 Å². The zero-order chi connectivity index (χ0) is 23.4. The van der Waals surface area contributed by atoms with Crippen LogP contribution < -0.4 is 0 Å². The van der Waals surface area contributed by atoms with Gasteiger partial charge >= 0.3 is 54.1 Å². The van der Waals surface area contributed by atoms with Gasteiger partial charge in [0.2, 0.25) is 0 Å². The molecule has 0 fully saturated rings. The fourth-order valence-corrected chi connectivity index (χ4v) is 0. The SMILES string of the molecule is CC#N.CC#N.CC#N.CC#N.CC#N.CC#N.CC(=[OH+])[OH2+].CC(=[OH+])[OH2+].[Mo+2].[Mo+2]. The van der Waals surface area contributed by atoms with Crippen molar-refractivity contribution < 1.29 is 61.9 Å². The van der Waals surface area contributed by atoms with Crippen molar-refractivity contribution >= 4 is 11.9 Å². The van der Waals surface area contributed by atoms with E-state index in [-0.39, 0.29) is 54.1 Å². The Morgan fingerprint density at radius 1 is 0.500 bits per heavy atom. The third kappa shape index (κ3) is 1530. The van der Waals surface area contributed by atoms with Crippen molar-refractivity contribution in [2.24, 2.45) is 0 Å². The molecule has 0 aromatic rings. The molecule has 0 unspecified atom stereocenters. The van der Waals surface area contributed by atoms with Gasteiger partial charge in [0.05, 0.1) is 36.4 Å². The molecule has 0 heterocycles. The van der Waals surface area contributed by atoms with Crippen LogP contribution in [-0.4, -0.2) is 31.7 Å². The summed E-state index contributed by atoms with van der Waals surface area (Å²) in [6.07, 6.45) is 0. The van der Waals surface area contributed by atoms with Crippen molar-refractivity contribution in [3.63, 3.8) is 0 Å². The fourth-order valence-electron chi connectivity index (χ4n) is 0. The number of hydrogen-bond acceptors (Lipinski definition) is 6. The van der Waals surface area contributed by atoms with E-state index in [1.807, 2.05) is 0 Å². The number of nitrogens with zero attached hydrogens (tertiary/aromatic N) is 6.